The molecule has 0 aliphatic carbocycles. The first-order chi connectivity index (χ1) is 4.59. The van der Waals surface area contributed by atoms with Crippen LogP contribution in [0.4, 0.5) is 0 Å². The van der Waals surface area contributed by atoms with Gasteiger partial charge in [0.05, 0.1) is 0 Å². The highest BCUT2D eigenvalue weighted by molar-refractivity contribution is 5.77. The molecule has 0 aliphatic heterocycles. The molecule has 1 unspecified atom stereocenters. The number of nitrogens with one attached hydrogen (secondary N) is 2. The highest BCUT2D eigenvalue weighted by Gasteiger charge is 2.14. The standard InChI is InChI=1S/C7H16N2O/c1-5(2)6(3)7(10)9-8-4/h5-6,8H,1-4H3,(H,9,10). The Kier molecular flexibility index (Phi) is 4.03. The maximum Gasteiger partial charge on any atom is 0.237 e. The third-order valence-corrected chi connectivity index (χ3v) is 1.66. The lowest BCUT2D eigenvalue weighted by Crippen LogP contribution is -2.39. The molecule has 0 rings (SSSR count). The Morgan fingerprint density at radius 1 is 1.30 bits per heavy atom. The molecule has 0 aromatic heterocycles. The van der Waals surface area contributed by atoms with Crippen molar-refractivity contribution in [2.24, 2.45) is 11.8 Å². The van der Waals surface area contributed by atoms with Gasteiger partial charge in [0.15, 0.2) is 0 Å². The minimum absolute atomic E-state index is 0.0532. The van der Waals surface area contributed by atoms with Gasteiger partial charge in [-0.25, -0.2) is 5.43 Å². The first kappa shape index (κ1) is 9.43. The fraction of sp³-hybridized carbons (Fsp3) is 0.857. The molecule has 0 bridgehead atoms. The lowest BCUT2D eigenvalue weighted by atomic mass is 9.98. The predicted molar refractivity (Wildman–Crippen MR) is 41.2 cm³/mol. The molecule has 2 N–H and O–H groups in total. The molecule has 60 valence electrons. The first-order valence-electron chi connectivity index (χ1n) is 3.56. The van der Waals surface area contributed by atoms with E-state index in [9.17, 15) is 4.79 Å². The minimum atomic E-state index is 0.0532. The second kappa shape index (κ2) is 4.28. The molecule has 0 aromatic carbocycles. The number of hydrazine groups is 1. The zero-order valence-electron chi connectivity index (χ0n) is 7.06. The molecule has 1 atom stereocenters. The van der Waals surface area contributed by atoms with E-state index in [0.29, 0.717) is 5.92 Å². The molecule has 10 heavy (non-hydrogen) atoms. The monoisotopic (exact) mass is 144 g/mol. The van der Waals surface area contributed by atoms with Crippen LogP contribution in [0.3, 0.4) is 0 Å². The summed E-state index contributed by atoms with van der Waals surface area (Å²) in [6.45, 7) is 5.97. The van der Waals surface area contributed by atoms with E-state index in [4.69, 9.17) is 0 Å². The summed E-state index contributed by atoms with van der Waals surface area (Å²) in [7, 11) is 1.69. The van der Waals surface area contributed by atoms with Gasteiger partial charge in [0.2, 0.25) is 5.91 Å². The van der Waals surface area contributed by atoms with Gasteiger partial charge in [0, 0.05) is 13.0 Å². The summed E-state index contributed by atoms with van der Waals surface area (Å²) in [5.41, 5.74) is 5.14. The quantitative estimate of drug-likeness (QED) is 0.567. The molecule has 0 aliphatic rings. The lowest BCUT2D eigenvalue weighted by molar-refractivity contribution is -0.126. The molecular weight excluding hydrogens is 128 g/mol. The van der Waals surface area contributed by atoms with E-state index in [1.54, 1.807) is 7.05 Å². The summed E-state index contributed by atoms with van der Waals surface area (Å²) in [5.74, 6) is 0.526. The van der Waals surface area contributed by atoms with Crippen molar-refractivity contribution >= 4 is 5.91 Å². The van der Waals surface area contributed by atoms with Gasteiger partial charge in [-0.05, 0) is 5.92 Å². The summed E-state index contributed by atoms with van der Waals surface area (Å²) in [5, 5.41) is 0. The van der Waals surface area contributed by atoms with Gasteiger partial charge in [0.1, 0.15) is 0 Å². The largest absolute Gasteiger partial charge is 0.292 e. The van der Waals surface area contributed by atoms with Crippen LogP contribution >= 0.6 is 0 Å². The van der Waals surface area contributed by atoms with Crippen molar-refractivity contribution in [3.63, 3.8) is 0 Å². The zero-order chi connectivity index (χ0) is 8.15. The number of amides is 1. The molecule has 3 nitrogen and oxygen atoms in total. The van der Waals surface area contributed by atoms with E-state index in [1.165, 1.54) is 0 Å². The summed E-state index contributed by atoms with van der Waals surface area (Å²) in [4.78, 5) is 11.0. The SMILES string of the molecule is CNNC(=O)C(C)C(C)C. The number of carbonyl (C=O) groups excluding carboxylic acids is 1. The van der Waals surface area contributed by atoms with Gasteiger partial charge in [-0.15, -0.1) is 0 Å². The molecule has 1 amide bonds. The van der Waals surface area contributed by atoms with Crippen LogP contribution in [0.25, 0.3) is 0 Å². The molecule has 0 saturated heterocycles. The molecule has 3 heteroatoms. The Labute approximate surface area is 62.2 Å². The molecule has 0 fully saturated rings. The maximum absolute atomic E-state index is 11.0. The molecule has 0 heterocycles. The van der Waals surface area contributed by atoms with Crippen molar-refractivity contribution in [3.8, 4) is 0 Å². The van der Waals surface area contributed by atoms with E-state index in [0.717, 1.165) is 0 Å². The van der Waals surface area contributed by atoms with Crippen LogP contribution < -0.4 is 10.9 Å². The summed E-state index contributed by atoms with van der Waals surface area (Å²) in [6.07, 6.45) is 0. The Morgan fingerprint density at radius 3 is 2.10 bits per heavy atom. The van der Waals surface area contributed by atoms with E-state index in [2.05, 4.69) is 10.9 Å². The molecular formula is C7H16N2O. The second-order valence-electron chi connectivity index (χ2n) is 2.77. The predicted octanol–water partition coefficient (Wildman–Crippen LogP) is 0.529. The molecule has 0 aromatic rings. The van der Waals surface area contributed by atoms with Crippen LogP contribution in [0, 0.1) is 11.8 Å². The summed E-state index contributed by atoms with van der Waals surface area (Å²) >= 11 is 0. The summed E-state index contributed by atoms with van der Waals surface area (Å²) in [6, 6.07) is 0. The normalized spacial score (nSPS) is 13.3. The molecule has 0 saturated carbocycles. The van der Waals surface area contributed by atoms with Gasteiger partial charge >= 0.3 is 0 Å². The van der Waals surface area contributed by atoms with Crippen molar-refractivity contribution in [3.05, 3.63) is 0 Å². The van der Waals surface area contributed by atoms with Crippen LogP contribution in [0.5, 0.6) is 0 Å². The molecule has 0 spiro atoms. The average Bonchev–Trinajstić information content (AvgIpc) is 1.87. The number of rotatable bonds is 3. The van der Waals surface area contributed by atoms with Crippen LogP contribution in [-0.2, 0) is 4.79 Å². The van der Waals surface area contributed by atoms with Crippen LogP contribution in [-0.4, -0.2) is 13.0 Å². The van der Waals surface area contributed by atoms with Gasteiger partial charge in [-0.3, -0.25) is 10.2 Å². The first-order valence-corrected chi connectivity index (χ1v) is 3.56. The van der Waals surface area contributed by atoms with Crippen molar-refractivity contribution in [2.45, 2.75) is 20.8 Å². The van der Waals surface area contributed by atoms with Crippen LogP contribution in [0.2, 0.25) is 0 Å². The third-order valence-electron chi connectivity index (χ3n) is 1.66. The highest BCUT2D eigenvalue weighted by atomic mass is 16.2. The van der Waals surface area contributed by atoms with Crippen molar-refractivity contribution in [1.29, 1.82) is 0 Å². The Bertz CT molecular complexity index is 112. The van der Waals surface area contributed by atoms with E-state index in [-0.39, 0.29) is 11.8 Å². The van der Waals surface area contributed by atoms with Gasteiger partial charge < -0.3 is 0 Å². The van der Waals surface area contributed by atoms with Gasteiger partial charge in [-0.1, -0.05) is 20.8 Å². The summed E-state index contributed by atoms with van der Waals surface area (Å²) < 4.78 is 0. The number of carbonyl (C=O) groups is 1. The number of hydrogen-bond acceptors (Lipinski definition) is 2. The second-order valence-corrected chi connectivity index (χ2v) is 2.77. The number of hydrogen-bond donors (Lipinski definition) is 2. The fourth-order valence-electron chi connectivity index (χ4n) is 0.540. The topological polar surface area (TPSA) is 41.1 Å². The van der Waals surface area contributed by atoms with E-state index < -0.39 is 0 Å². The van der Waals surface area contributed by atoms with Crippen molar-refractivity contribution < 1.29 is 4.79 Å². The smallest absolute Gasteiger partial charge is 0.237 e. The van der Waals surface area contributed by atoms with E-state index in [1.807, 2.05) is 20.8 Å². The Balaban J connectivity index is 3.71. The van der Waals surface area contributed by atoms with Gasteiger partial charge in [-0.2, -0.15) is 0 Å². The highest BCUT2D eigenvalue weighted by Crippen LogP contribution is 2.08. The van der Waals surface area contributed by atoms with Crippen LogP contribution in [0.1, 0.15) is 20.8 Å². The fourth-order valence-corrected chi connectivity index (χ4v) is 0.540. The van der Waals surface area contributed by atoms with E-state index >= 15 is 0 Å². The minimum Gasteiger partial charge on any atom is -0.292 e. The lowest BCUT2D eigenvalue weighted by Gasteiger charge is -2.13. The average molecular weight is 144 g/mol. The Morgan fingerprint density at radius 2 is 1.80 bits per heavy atom. The Hall–Kier alpha value is -0.570. The maximum atomic E-state index is 11.0. The van der Waals surface area contributed by atoms with Gasteiger partial charge in [0.25, 0.3) is 0 Å². The zero-order valence-corrected chi connectivity index (χ0v) is 7.06. The third kappa shape index (κ3) is 2.82. The van der Waals surface area contributed by atoms with Crippen LogP contribution in [0.15, 0.2) is 0 Å². The van der Waals surface area contributed by atoms with Crippen molar-refractivity contribution in [2.75, 3.05) is 7.05 Å². The molecule has 0 radical (unpaired) electrons. The van der Waals surface area contributed by atoms with Crippen molar-refractivity contribution in [1.82, 2.24) is 10.9 Å².